The minimum atomic E-state index is -3.70. The fourth-order valence-electron chi connectivity index (χ4n) is 5.43. The molecular weight excluding hydrogens is 416 g/mol. The number of aliphatic hydroxyl groups is 1. The highest BCUT2D eigenvalue weighted by Gasteiger charge is 2.44. The first-order chi connectivity index (χ1) is 14.9. The maximum Gasteiger partial charge on any atom is 0.410 e. The molecule has 3 aliphatic rings. The Morgan fingerprint density at radius 2 is 1.71 bits per heavy atom. The average Bonchev–Trinajstić information content (AvgIpc) is 3.05. The third-order valence-electron chi connectivity index (χ3n) is 6.89. The van der Waals surface area contributed by atoms with E-state index in [1.807, 2.05) is 30.3 Å². The lowest BCUT2D eigenvalue weighted by atomic mass is 10.0. The molecule has 166 valence electrons. The Kier molecular flexibility index (Phi) is 5.40. The summed E-state index contributed by atoms with van der Waals surface area (Å²) in [5.41, 5.74) is 0. The number of carbonyl (C=O) groups excluding carboxylic acids is 1. The Hall–Kier alpha value is -2.16. The summed E-state index contributed by atoms with van der Waals surface area (Å²) in [5.74, 6) is 0. The predicted octanol–water partition coefficient (Wildman–Crippen LogP) is 3.12. The van der Waals surface area contributed by atoms with Gasteiger partial charge in [0.1, 0.15) is 6.10 Å². The normalized spacial score (nSPS) is 29.3. The van der Waals surface area contributed by atoms with E-state index in [1.54, 1.807) is 17.0 Å². The van der Waals surface area contributed by atoms with Crippen LogP contribution in [-0.2, 0) is 14.8 Å². The molecule has 8 heteroatoms. The molecule has 2 aromatic carbocycles. The Morgan fingerprint density at radius 1 is 1.00 bits per heavy atom. The number of carbonyl (C=O) groups is 1. The molecule has 0 saturated carbocycles. The maximum absolute atomic E-state index is 13.4. The Morgan fingerprint density at radius 3 is 2.48 bits per heavy atom. The van der Waals surface area contributed by atoms with Crippen LogP contribution in [0.4, 0.5) is 4.79 Å². The van der Waals surface area contributed by atoms with Crippen molar-refractivity contribution in [2.24, 2.45) is 0 Å². The summed E-state index contributed by atoms with van der Waals surface area (Å²) in [5, 5.41) is 11.5. The molecule has 0 aromatic heterocycles. The molecule has 3 fully saturated rings. The van der Waals surface area contributed by atoms with Crippen molar-refractivity contribution in [3.05, 3.63) is 42.5 Å². The third kappa shape index (κ3) is 3.81. The van der Waals surface area contributed by atoms with Crippen LogP contribution in [0.3, 0.4) is 0 Å². The molecule has 0 radical (unpaired) electrons. The molecule has 3 heterocycles. The number of amides is 1. The van der Waals surface area contributed by atoms with Crippen LogP contribution >= 0.6 is 0 Å². The molecule has 5 rings (SSSR count). The number of ether oxygens (including phenoxy) is 1. The molecule has 3 aliphatic heterocycles. The van der Waals surface area contributed by atoms with Gasteiger partial charge in [-0.2, -0.15) is 4.31 Å². The summed E-state index contributed by atoms with van der Waals surface area (Å²) in [6.45, 7) is 0.587. The van der Waals surface area contributed by atoms with E-state index in [0.29, 0.717) is 42.5 Å². The number of aliphatic hydroxyl groups excluding tert-OH is 1. The summed E-state index contributed by atoms with van der Waals surface area (Å²) in [7, 11) is -3.70. The number of rotatable bonds is 3. The maximum atomic E-state index is 13.4. The van der Waals surface area contributed by atoms with E-state index in [2.05, 4.69) is 0 Å². The van der Waals surface area contributed by atoms with Gasteiger partial charge in [0.2, 0.25) is 10.0 Å². The molecule has 31 heavy (non-hydrogen) atoms. The zero-order valence-corrected chi connectivity index (χ0v) is 18.2. The van der Waals surface area contributed by atoms with E-state index >= 15 is 0 Å². The highest BCUT2D eigenvalue weighted by molar-refractivity contribution is 7.89. The highest BCUT2D eigenvalue weighted by atomic mass is 32.2. The van der Waals surface area contributed by atoms with Crippen molar-refractivity contribution in [3.63, 3.8) is 0 Å². The minimum absolute atomic E-state index is 0.0281. The first kappa shape index (κ1) is 20.7. The predicted molar refractivity (Wildman–Crippen MR) is 116 cm³/mol. The first-order valence-corrected chi connectivity index (χ1v) is 12.5. The molecule has 0 aliphatic carbocycles. The van der Waals surface area contributed by atoms with Crippen molar-refractivity contribution < 1.29 is 23.1 Å². The smallest absolute Gasteiger partial charge is 0.410 e. The van der Waals surface area contributed by atoms with E-state index in [4.69, 9.17) is 4.74 Å². The fourth-order valence-corrected chi connectivity index (χ4v) is 7.15. The average molecular weight is 445 g/mol. The molecule has 0 spiro atoms. The number of piperidine rings is 2. The number of nitrogens with zero attached hydrogens (tertiary/aromatic N) is 2. The molecule has 2 aromatic rings. The quantitative estimate of drug-likeness (QED) is 0.786. The molecule has 3 saturated heterocycles. The molecule has 3 atom stereocenters. The summed E-state index contributed by atoms with van der Waals surface area (Å²) in [6, 6.07) is 12.8. The minimum Gasteiger partial charge on any atom is -0.445 e. The molecule has 1 amide bonds. The SMILES string of the molecule is O=C(OC1CCCN(S(=O)(=O)c2cccc3ccccc23)C1)N1C2CCC1CC(O)C2. The van der Waals surface area contributed by atoms with Crippen LogP contribution in [0.15, 0.2) is 47.4 Å². The second-order valence-electron chi connectivity index (χ2n) is 8.91. The highest BCUT2D eigenvalue weighted by Crippen LogP contribution is 2.36. The second kappa shape index (κ2) is 8.07. The van der Waals surface area contributed by atoms with Gasteiger partial charge in [0.25, 0.3) is 0 Å². The van der Waals surface area contributed by atoms with E-state index in [0.717, 1.165) is 18.2 Å². The van der Waals surface area contributed by atoms with Gasteiger partial charge in [0.15, 0.2) is 0 Å². The topological polar surface area (TPSA) is 87.2 Å². The van der Waals surface area contributed by atoms with E-state index in [9.17, 15) is 18.3 Å². The van der Waals surface area contributed by atoms with E-state index in [-0.39, 0.29) is 30.8 Å². The van der Waals surface area contributed by atoms with E-state index < -0.39 is 16.1 Å². The Labute approximate surface area is 182 Å². The van der Waals surface area contributed by atoms with Crippen LogP contribution in [0, 0.1) is 0 Å². The third-order valence-corrected chi connectivity index (χ3v) is 8.82. The van der Waals surface area contributed by atoms with Gasteiger partial charge in [-0.25, -0.2) is 13.2 Å². The second-order valence-corrected chi connectivity index (χ2v) is 10.8. The molecule has 7 nitrogen and oxygen atoms in total. The van der Waals surface area contributed by atoms with Crippen LogP contribution in [-0.4, -0.2) is 66.2 Å². The van der Waals surface area contributed by atoms with Gasteiger partial charge < -0.3 is 14.7 Å². The van der Waals surface area contributed by atoms with Gasteiger partial charge in [0, 0.05) is 24.0 Å². The molecule has 3 unspecified atom stereocenters. The number of hydrogen-bond acceptors (Lipinski definition) is 5. The summed E-state index contributed by atoms with van der Waals surface area (Å²) in [4.78, 5) is 15.0. The van der Waals surface area contributed by atoms with Gasteiger partial charge in [0.05, 0.1) is 17.5 Å². The van der Waals surface area contributed by atoms with Crippen LogP contribution in [0.5, 0.6) is 0 Å². The molecular formula is C23H28N2O5S. The fraction of sp³-hybridized carbons (Fsp3) is 0.522. The van der Waals surface area contributed by atoms with Gasteiger partial charge in [-0.05, 0) is 50.0 Å². The molecule has 2 bridgehead atoms. The van der Waals surface area contributed by atoms with Crippen molar-refractivity contribution >= 4 is 26.9 Å². The lowest BCUT2D eigenvalue weighted by Gasteiger charge is -2.38. The zero-order chi connectivity index (χ0) is 21.6. The summed E-state index contributed by atoms with van der Waals surface area (Å²) in [6.07, 6.45) is 3.10. The largest absolute Gasteiger partial charge is 0.445 e. The standard InChI is InChI=1S/C23H28N2O5S/c26-19-13-17-10-11-18(14-19)25(17)23(27)30-20-7-4-12-24(15-20)31(28,29)22-9-3-6-16-5-1-2-8-21(16)22/h1-3,5-6,8-9,17-20,26H,4,7,10-15H2. The van der Waals surface area contributed by atoms with Crippen molar-refractivity contribution in [3.8, 4) is 0 Å². The Balaban J connectivity index is 1.32. The Bertz CT molecular complexity index is 1070. The monoisotopic (exact) mass is 444 g/mol. The lowest BCUT2D eigenvalue weighted by molar-refractivity contribution is -0.00143. The summed E-state index contributed by atoms with van der Waals surface area (Å²) >= 11 is 0. The lowest BCUT2D eigenvalue weighted by Crippen LogP contribution is -2.51. The number of fused-ring (bicyclic) bond motifs is 3. The van der Waals surface area contributed by atoms with Gasteiger partial charge in [-0.1, -0.05) is 36.4 Å². The van der Waals surface area contributed by atoms with Crippen LogP contribution in [0.1, 0.15) is 38.5 Å². The van der Waals surface area contributed by atoms with Crippen LogP contribution in [0.25, 0.3) is 10.8 Å². The zero-order valence-electron chi connectivity index (χ0n) is 17.4. The van der Waals surface area contributed by atoms with Crippen LogP contribution < -0.4 is 0 Å². The van der Waals surface area contributed by atoms with Gasteiger partial charge in [-0.15, -0.1) is 0 Å². The molecule has 1 N–H and O–H groups in total. The number of sulfonamides is 1. The number of benzene rings is 2. The van der Waals surface area contributed by atoms with Crippen LogP contribution in [0.2, 0.25) is 0 Å². The van der Waals surface area contributed by atoms with Crippen molar-refractivity contribution in [2.75, 3.05) is 13.1 Å². The van der Waals surface area contributed by atoms with E-state index in [1.165, 1.54) is 4.31 Å². The van der Waals surface area contributed by atoms with Crippen molar-refractivity contribution in [1.82, 2.24) is 9.21 Å². The summed E-state index contributed by atoms with van der Waals surface area (Å²) < 4.78 is 34.1. The van der Waals surface area contributed by atoms with Gasteiger partial charge in [-0.3, -0.25) is 0 Å². The van der Waals surface area contributed by atoms with Gasteiger partial charge >= 0.3 is 6.09 Å². The first-order valence-electron chi connectivity index (χ1n) is 11.1. The number of hydrogen-bond donors (Lipinski definition) is 1. The van der Waals surface area contributed by atoms with Crippen molar-refractivity contribution in [1.29, 1.82) is 0 Å². The van der Waals surface area contributed by atoms with Crippen molar-refractivity contribution in [2.45, 2.75) is 67.7 Å².